The number of halogens is 2. The van der Waals surface area contributed by atoms with Crippen LogP contribution in [-0.2, 0) is 6.42 Å². The molecule has 3 aromatic rings. The van der Waals surface area contributed by atoms with Gasteiger partial charge in [0.05, 0.1) is 7.57 Å². The lowest BCUT2D eigenvalue weighted by molar-refractivity contribution is 0.667. The summed E-state index contributed by atoms with van der Waals surface area (Å²) in [5.41, 5.74) is 1.48. The first-order chi connectivity index (χ1) is 13.1. The van der Waals surface area contributed by atoms with Gasteiger partial charge in [0.2, 0.25) is 0 Å². The molecule has 0 aliphatic rings. The molecule has 0 radical (unpaired) electrons. The van der Waals surface area contributed by atoms with Crippen molar-refractivity contribution < 1.29 is 0 Å². The van der Waals surface area contributed by atoms with Crippen LogP contribution in [0.15, 0.2) is 37.9 Å². The van der Waals surface area contributed by atoms with E-state index < -0.39 is 0 Å². The molecule has 0 fully saturated rings. The molecule has 0 bridgehead atoms. The fourth-order valence-electron chi connectivity index (χ4n) is 2.78. The highest BCUT2D eigenvalue weighted by Gasteiger charge is 2.06. The molecule has 3 aromatic heterocycles. The van der Waals surface area contributed by atoms with Crippen molar-refractivity contribution in [2.75, 3.05) is 0 Å². The van der Waals surface area contributed by atoms with Gasteiger partial charge in [-0.2, -0.15) is 0 Å². The van der Waals surface area contributed by atoms with Crippen LogP contribution < -0.4 is 0 Å². The summed E-state index contributed by atoms with van der Waals surface area (Å²) in [6, 6.07) is 10.9. The predicted molar refractivity (Wildman–Crippen MR) is 134 cm³/mol. The number of hydrogen-bond acceptors (Lipinski definition) is 3. The molecule has 0 spiro atoms. The molecule has 0 aliphatic heterocycles. The molecular weight excluding hydrogens is 520 g/mol. The highest BCUT2D eigenvalue weighted by molar-refractivity contribution is 9.11. The number of aryl methyl sites for hydroxylation is 1. The zero-order valence-corrected chi connectivity index (χ0v) is 20.8. The summed E-state index contributed by atoms with van der Waals surface area (Å²) in [7, 11) is 0. The van der Waals surface area contributed by atoms with Gasteiger partial charge in [0.1, 0.15) is 0 Å². The van der Waals surface area contributed by atoms with Crippen LogP contribution in [0.2, 0.25) is 0 Å². The van der Waals surface area contributed by atoms with Crippen LogP contribution in [0.1, 0.15) is 57.7 Å². The van der Waals surface area contributed by atoms with Crippen molar-refractivity contribution in [3.63, 3.8) is 0 Å². The van der Waals surface area contributed by atoms with Gasteiger partial charge in [-0.3, -0.25) is 0 Å². The van der Waals surface area contributed by atoms with E-state index in [1.807, 2.05) is 11.3 Å². The van der Waals surface area contributed by atoms with Crippen LogP contribution >= 0.6 is 65.9 Å². The molecule has 0 saturated carbocycles. The van der Waals surface area contributed by atoms with Gasteiger partial charge in [-0.15, -0.1) is 34.0 Å². The van der Waals surface area contributed by atoms with Crippen molar-refractivity contribution in [3.8, 4) is 0 Å². The zero-order valence-electron chi connectivity index (χ0n) is 15.2. The summed E-state index contributed by atoms with van der Waals surface area (Å²) in [6.45, 7) is 2.27. The van der Waals surface area contributed by atoms with E-state index in [-0.39, 0.29) is 0 Å². The molecule has 27 heavy (non-hydrogen) atoms. The lowest BCUT2D eigenvalue weighted by Crippen LogP contribution is -1.85. The van der Waals surface area contributed by atoms with Crippen LogP contribution in [0.4, 0.5) is 0 Å². The third kappa shape index (κ3) is 6.82. The third-order valence-electron chi connectivity index (χ3n) is 4.16. The monoisotopic (exact) mass is 540 g/mol. The number of unbranched alkanes of at least 4 members (excludes halogenated alkanes) is 3. The van der Waals surface area contributed by atoms with Gasteiger partial charge in [-0.25, -0.2) is 0 Å². The Labute approximate surface area is 190 Å². The molecule has 0 amide bonds. The lowest BCUT2D eigenvalue weighted by Gasteiger charge is -2.00. The molecule has 0 unspecified atom stereocenters. The zero-order chi connectivity index (χ0) is 19.1. The van der Waals surface area contributed by atoms with E-state index in [4.69, 9.17) is 0 Å². The quantitative estimate of drug-likeness (QED) is 0.236. The highest BCUT2D eigenvalue weighted by atomic mass is 79.9. The summed E-state index contributed by atoms with van der Waals surface area (Å²) in [5.74, 6) is 0. The molecule has 5 heteroatoms. The molecule has 0 aromatic carbocycles. The molecule has 142 valence electrons. The Bertz CT molecular complexity index is 912. The number of hydrogen-bond donors (Lipinski definition) is 0. The van der Waals surface area contributed by atoms with Crippen molar-refractivity contribution in [1.82, 2.24) is 0 Å². The van der Waals surface area contributed by atoms with Crippen molar-refractivity contribution in [3.05, 3.63) is 63.0 Å². The van der Waals surface area contributed by atoms with Crippen LogP contribution in [-0.4, -0.2) is 0 Å². The number of rotatable bonds is 9. The van der Waals surface area contributed by atoms with Gasteiger partial charge < -0.3 is 0 Å². The van der Waals surface area contributed by atoms with Crippen molar-refractivity contribution >= 4 is 90.2 Å². The lowest BCUT2D eigenvalue weighted by atomic mass is 10.1. The second kappa shape index (κ2) is 10.9. The van der Waals surface area contributed by atoms with E-state index in [9.17, 15) is 0 Å². The van der Waals surface area contributed by atoms with Gasteiger partial charge in [-0.1, -0.05) is 26.2 Å². The molecular formula is C22H22Br2S3. The van der Waals surface area contributed by atoms with Gasteiger partial charge in [0, 0.05) is 19.5 Å². The Balaban J connectivity index is 1.76. The first kappa shape index (κ1) is 21.3. The second-order valence-electron chi connectivity index (χ2n) is 6.30. The average molecular weight is 542 g/mol. The Morgan fingerprint density at radius 3 is 1.96 bits per heavy atom. The van der Waals surface area contributed by atoms with Gasteiger partial charge in [0.25, 0.3) is 0 Å². The largest absolute Gasteiger partial charge is 0.136 e. The smallest absolute Gasteiger partial charge is 0.0704 e. The fourth-order valence-corrected chi connectivity index (χ4v) is 6.46. The third-order valence-corrected chi connectivity index (χ3v) is 8.44. The summed E-state index contributed by atoms with van der Waals surface area (Å²) in [5, 5.41) is 0. The maximum absolute atomic E-state index is 3.55. The van der Waals surface area contributed by atoms with E-state index in [2.05, 4.69) is 93.4 Å². The van der Waals surface area contributed by atoms with Crippen LogP contribution in [0.3, 0.4) is 0 Å². The second-order valence-corrected chi connectivity index (χ2v) is 12.4. The maximum atomic E-state index is 3.55. The molecule has 0 nitrogen and oxygen atoms in total. The van der Waals surface area contributed by atoms with E-state index in [0.29, 0.717) is 0 Å². The van der Waals surface area contributed by atoms with Crippen molar-refractivity contribution in [2.24, 2.45) is 0 Å². The predicted octanol–water partition coefficient (Wildman–Crippen LogP) is 9.86. The Morgan fingerprint density at radius 2 is 1.37 bits per heavy atom. The van der Waals surface area contributed by atoms with E-state index in [1.165, 1.54) is 64.7 Å². The molecule has 0 aliphatic carbocycles. The average Bonchev–Trinajstić information content (AvgIpc) is 3.36. The van der Waals surface area contributed by atoms with Crippen molar-refractivity contribution in [1.29, 1.82) is 0 Å². The van der Waals surface area contributed by atoms with Crippen LogP contribution in [0, 0.1) is 0 Å². The number of thiophene rings is 3. The maximum Gasteiger partial charge on any atom is 0.0704 e. The minimum absolute atomic E-state index is 1.17. The van der Waals surface area contributed by atoms with Crippen LogP contribution in [0.25, 0.3) is 24.3 Å². The Kier molecular flexibility index (Phi) is 8.59. The van der Waals surface area contributed by atoms with Gasteiger partial charge in [0.15, 0.2) is 0 Å². The first-order valence-corrected chi connectivity index (χ1v) is 13.2. The Hall–Kier alpha value is -0.460. The molecule has 3 heterocycles. The summed E-state index contributed by atoms with van der Waals surface area (Å²) in [6.07, 6.45) is 15.4. The fraction of sp³-hybridized carbons (Fsp3) is 0.273. The Morgan fingerprint density at radius 1 is 0.741 bits per heavy atom. The van der Waals surface area contributed by atoms with E-state index >= 15 is 0 Å². The molecule has 0 saturated heterocycles. The molecule has 0 atom stereocenters. The highest BCUT2D eigenvalue weighted by Crippen LogP contribution is 2.31. The normalized spacial score (nSPS) is 12.0. The van der Waals surface area contributed by atoms with Gasteiger partial charge in [-0.05, 0) is 105 Å². The molecule has 3 rings (SSSR count). The molecule has 0 N–H and O–H groups in total. The van der Waals surface area contributed by atoms with Gasteiger partial charge >= 0.3 is 0 Å². The summed E-state index contributed by atoms with van der Waals surface area (Å²) >= 11 is 12.5. The van der Waals surface area contributed by atoms with E-state index in [1.54, 1.807) is 22.7 Å². The van der Waals surface area contributed by atoms with E-state index in [0.717, 1.165) is 0 Å². The minimum Gasteiger partial charge on any atom is -0.136 e. The standard InChI is InChI=1S/C22H22Br2S3/c1-2-3-4-5-6-16-15-19(8-7-17-10-13-21(23)26-17)25-20(16)12-9-18-11-14-22(24)27-18/h7-15H,2-6H2,1H3. The minimum atomic E-state index is 1.17. The SMILES string of the molecule is CCCCCCc1cc(C=Cc2ccc(Br)s2)sc1C=Cc1ccc(Br)s1. The van der Waals surface area contributed by atoms with Crippen LogP contribution in [0.5, 0.6) is 0 Å². The van der Waals surface area contributed by atoms with Crippen molar-refractivity contribution in [2.45, 2.75) is 39.0 Å². The first-order valence-electron chi connectivity index (χ1n) is 9.13. The topological polar surface area (TPSA) is 0 Å². The summed E-state index contributed by atoms with van der Waals surface area (Å²) < 4.78 is 2.36. The summed E-state index contributed by atoms with van der Waals surface area (Å²) in [4.78, 5) is 5.29.